The Kier molecular flexibility index (Phi) is 4.53. The van der Waals surface area contributed by atoms with Crippen LogP contribution in [0, 0.1) is 0 Å². The van der Waals surface area contributed by atoms with Gasteiger partial charge in [0.1, 0.15) is 28.2 Å². The molecule has 0 atom stereocenters. The Balaban J connectivity index is 2.40. The van der Waals surface area contributed by atoms with Crippen LogP contribution in [0.5, 0.6) is 17.2 Å². The Labute approximate surface area is 148 Å². The van der Waals surface area contributed by atoms with E-state index in [1.54, 1.807) is 24.3 Å². The van der Waals surface area contributed by atoms with Crippen LogP contribution in [-0.2, 0) is 0 Å². The number of carboxylic acids is 1. The molecule has 0 unspecified atom stereocenters. The molecule has 3 rings (SSSR count). The van der Waals surface area contributed by atoms with Crippen LogP contribution in [0.1, 0.15) is 10.6 Å². The number of fused-ring (bicyclic) bond motifs is 1. The van der Waals surface area contributed by atoms with Gasteiger partial charge in [0.05, 0.1) is 26.9 Å². The summed E-state index contributed by atoms with van der Waals surface area (Å²) in [7, 11) is 4.37. The molecule has 134 valence electrons. The van der Waals surface area contributed by atoms with Crippen molar-refractivity contribution in [1.29, 1.82) is 0 Å². The quantitative estimate of drug-likeness (QED) is 0.750. The zero-order valence-electron chi connectivity index (χ0n) is 14.4. The van der Waals surface area contributed by atoms with Crippen molar-refractivity contribution in [3.8, 4) is 28.4 Å². The van der Waals surface area contributed by atoms with Crippen LogP contribution in [0.3, 0.4) is 0 Å². The van der Waals surface area contributed by atoms with Gasteiger partial charge in [0.15, 0.2) is 0 Å². The molecule has 0 fully saturated rings. The Hall–Kier alpha value is -3.48. The van der Waals surface area contributed by atoms with Crippen molar-refractivity contribution >= 4 is 16.9 Å². The van der Waals surface area contributed by atoms with Crippen LogP contribution >= 0.6 is 0 Å². The third-order valence-electron chi connectivity index (χ3n) is 3.96. The molecule has 0 aliphatic carbocycles. The lowest BCUT2D eigenvalue weighted by molar-refractivity contribution is 0.0664. The van der Waals surface area contributed by atoms with Gasteiger partial charge >= 0.3 is 5.97 Å². The van der Waals surface area contributed by atoms with Crippen molar-refractivity contribution < 1.29 is 28.5 Å². The summed E-state index contributed by atoms with van der Waals surface area (Å²) >= 11 is 0. The van der Waals surface area contributed by atoms with E-state index in [0.29, 0.717) is 17.1 Å². The first kappa shape index (κ1) is 17.3. The third-order valence-corrected chi connectivity index (χ3v) is 3.96. The van der Waals surface area contributed by atoms with E-state index in [1.165, 1.54) is 33.5 Å². The predicted molar refractivity (Wildman–Crippen MR) is 94.5 cm³/mol. The second kappa shape index (κ2) is 6.79. The van der Waals surface area contributed by atoms with Crippen molar-refractivity contribution in [2.24, 2.45) is 0 Å². The number of ether oxygens (including phenoxy) is 3. The van der Waals surface area contributed by atoms with Crippen molar-refractivity contribution in [2.75, 3.05) is 21.3 Å². The number of aromatic carboxylic acids is 1. The lowest BCUT2D eigenvalue weighted by Crippen LogP contribution is -2.13. The lowest BCUT2D eigenvalue weighted by atomic mass is 10.0. The summed E-state index contributed by atoms with van der Waals surface area (Å²) in [6, 6.07) is 9.45. The highest BCUT2D eigenvalue weighted by molar-refractivity contribution is 5.98. The van der Waals surface area contributed by atoms with Crippen LogP contribution in [-0.4, -0.2) is 32.4 Å². The van der Waals surface area contributed by atoms with Gasteiger partial charge in [0, 0.05) is 12.1 Å². The summed E-state index contributed by atoms with van der Waals surface area (Å²) in [4.78, 5) is 24.8. The van der Waals surface area contributed by atoms with Gasteiger partial charge in [-0.3, -0.25) is 4.79 Å². The van der Waals surface area contributed by atoms with Crippen molar-refractivity contribution in [3.63, 3.8) is 0 Å². The van der Waals surface area contributed by atoms with E-state index in [-0.39, 0.29) is 22.3 Å². The first-order valence-electron chi connectivity index (χ1n) is 7.60. The smallest absolute Gasteiger partial charge is 0.372 e. The Morgan fingerprint density at radius 1 is 0.962 bits per heavy atom. The van der Waals surface area contributed by atoms with E-state index in [2.05, 4.69) is 0 Å². The average molecular weight is 356 g/mol. The molecule has 0 aliphatic rings. The van der Waals surface area contributed by atoms with Crippen LogP contribution in [0.25, 0.3) is 22.1 Å². The van der Waals surface area contributed by atoms with E-state index in [4.69, 9.17) is 18.6 Å². The largest absolute Gasteiger partial charge is 0.497 e. The van der Waals surface area contributed by atoms with Crippen LogP contribution in [0.15, 0.2) is 45.6 Å². The molecule has 1 heterocycles. The van der Waals surface area contributed by atoms with E-state index in [9.17, 15) is 14.7 Å². The molecule has 0 bridgehead atoms. The number of methoxy groups -OCH3 is 3. The second-order valence-corrected chi connectivity index (χ2v) is 5.37. The van der Waals surface area contributed by atoms with E-state index < -0.39 is 17.2 Å². The number of carboxylic acid groups (broad SMARTS) is 1. The van der Waals surface area contributed by atoms with Crippen LogP contribution in [0.2, 0.25) is 0 Å². The van der Waals surface area contributed by atoms with Gasteiger partial charge < -0.3 is 23.7 Å². The molecule has 0 saturated heterocycles. The minimum Gasteiger partial charge on any atom is -0.497 e. The van der Waals surface area contributed by atoms with Gasteiger partial charge in [-0.1, -0.05) is 12.1 Å². The van der Waals surface area contributed by atoms with Gasteiger partial charge in [-0.15, -0.1) is 0 Å². The summed E-state index contributed by atoms with van der Waals surface area (Å²) in [5.41, 5.74) is -0.0953. The third kappa shape index (κ3) is 2.83. The normalized spacial score (nSPS) is 10.6. The molecule has 1 N–H and O–H groups in total. The molecule has 0 spiro atoms. The second-order valence-electron chi connectivity index (χ2n) is 5.37. The van der Waals surface area contributed by atoms with E-state index >= 15 is 0 Å². The minimum absolute atomic E-state index is 0.0591. The fourth-order valence-corrected chi connectivity index (χ4v) is 2.71. The highest BCUT2D eigenvalue weighted by Crippen LogP contribution is 2.33. The Morgan fingerprint density at radius 2 is 1.62 bits per heavy atom. The minimum atomic E-state index is -1.35. The maximum absolute atomic E-state index is 13.1. The maximum atomic E-state index is 13.1. The van der Waals surface area contributed by atoms with Crippen LogP contribution < -0.4 is 19.6 Å². The number of hydrogen-bond acceptors (Lipinski definition) is 6. The predicted octanol–water partition coefficient (Wildman–Crippen LogP) is 3.18. The summed E-state index contributed by atoms with van der Waals surface area (Å²) in [5, 5.41) is 9.69. The highest BCUT2D eigenvalue weighted by Gasteiger charge is 2.24. The Morgan fingerprint density at radius 3 is 2.15 bits per heavy atom. The van der Waals surface area contributed by atoms with Gasteiger partial charge in [-0.25, -0.2) is 4.79 Å². The van der Waals surface area contributed by atoms with E-state index in [0.717, 1.165) is 0 Å². The average Bonchev–Trinajstić information content (AvgIpc) is 2.66. The molecule has 7 heteroatoms. The molecule has 7 nitrogen and oxygen atoms in total. The standard InChI is InChI=1S/C19H16O7/c1-23-11-6-4-10(5-7-11)15-17(20)16-13(25-3)8-12(24-2)9-14(16)26-18(15)19(21)22/h4-9H,1-3H3,(H,21,22). The van der Waals surface area contributed by atoms with Gasteiger partial charge in [-0.2, -0.15) is 0 Å². The lowest BCUT2D eigenvalue weighted by Gasteiger charge is -2.11. The number of hydrogen-bond donors (Lipinski definition) is 1. The fraction of sp³-hybridized carbons (Fsp3) is 0.158. The van der Waals surface area contributed by atoms with Crippen molar-refractivity contribution in [2.45, 2.75) is 0 Å². The number of rotatable bonds is 5. The molecule has 0 aliphatic heterocycles. The van der Waals surface area contributed by atoms with Crippen molar-refractivity contribution in [3.05, 3.63) is 52.4 Å². The zero-order valence-corrected chi connectivity index (χ0v) is 14.4. The van der Waals surface area contributed by atoms with E-state index in [1.807, 2.05) is 0 Å². The molecule has 2 aromatic carbocycles. The maximum Gasteiger partial charge on any atom is 0.372 e. The highest BCUT2D eigenvalue weighted by atomic mass is 16.5. The van der Waals surface area contributed by atoms with Gasteiger partial charge in [-0.05, 0) is 17.7 Å². The fourth-order valence-electron chi connectivity index (χ4n) is 2.71. The first-order chi connectivity index (χ1) is 12.5. The SMILES string of the molecule is COc1ccc(-c2c(C(=O)O)oc3cc(OC)cc(OC)c3c2=O)cc1. The zero-order chi connectivity index (χ0) is 18.8. The topological polar surface area (TPSA) is 95.2 Å². The number of benzene rings is 2. The molecule has 3 aromatic rings. The number of carbonyl (C=O) groups is 1. The molecular formula is C19H16O7. The summed E-state index contributed by atoms with van der Waals surface area (Å²) in [6.45, 7) is 0. The van der Waals surface area contributed by atoms with Gasteiger partial charge in [0.2, 0.25) is 11.2 Å². The molecule has 0 saturated carbocycles. The molecule has 1 aromatic heterocycles. The summed E-state index contributed by atoms with van der Waals surface area (Å²) < 4.78 is 21.0. The first-order valence-corrected chi connectivity index (χ1v) is 7.60. The van der Waals surface area contributed by atoms with Crippen LogP contribution in [0.4, 0.5) is 0 Å². The van der Waals surface area contributed by atoms with Crippen molar-refractivity contribution in [1.82, 2.24) is 0 Å². The summed E-state index contributed by atoms with van der Waals surface area (Å²) in [5.74, 6) is -0.608. The van der Waals surface area contributed by atoms with Gasteiger partial charge in [0.25, 0.3) is 0 Å². The summed E-state index contributed by atoms with van der Waals surface area (Å²) in [6.07, 6.45) is 0. The molecule has 26 heavy (non-hydrogen) atoms. The monoisotopic (exact) mass is 356 g/mol. The molecule has 0 amide bonds. The Bertz CT molecular complexity index is 1030. The molecular weight excluding hydrogens is 340 g/mol. The molecule has 0 radical (unpaired) electrons.